The van der Waals surface area contributed by atoms with Gasteiger partial charge in [-0.15, -0.1) is 0 Å². The second-order valence-electron chi connectivity index (χ2n) is 3.13. The molecule has 2 amide bonds. The second kappa shape index (κ2) is 4.98. The molecular weight excluding hydrogens is 262 g/mol. The van der Waals surface area contributed by atoms with Crippen LogP contribution < -0.4 is 4.90 Å². The van der Waals surface area contributed by atoms with Crippen molar-refractivity contribution in [3.63, 3.8) is 0 Å². The summed E-state index contributed by atoms with van der Waals surface area (Å²) >= 11 is 0. The van der Waals surface area contributed by atoms with Crippen LogP contribution in [0.5, 0.6) is 0 Å². The van der Waals surface area contributed by atoms with E-state index in [-0.39, 0.29) is 5.69 Å². The molecule has 0 saturated heterocycles. The molecule has 0 radical (unpaired) electrons. The zero-order valence-corrected chi connectivity index (χ0v) is 9.79. The molecule has 0 heterocycles. The Morgan fingerprint density at radius 2 is 1.72 bits per heavy atom. The largest absolute Gasteiger partial charge is 0.464 e. The van der Waals surface area contributed by atoms with Gasteiger partial charge in [0.25, 0.3) is 16.0 Å². The van der Waals surface area contributed by atoms with Crippen LogP contribution in [0.2, 0.25) is 0 Å². The lowest BCUT2D eigenvalue weighted by Gasteiger charge is -2.15. The Hall–Kier alpha value is -2.19. The highest BCUT2D eigenvalue weighted by Crippen LogP contribution is 2.18. The SMILES string of the molecule is C=CC(=O)N(C(=O)O)c1ccc(S(=O)(=O)O)cc1. The van der Waals surface area contributed by atoms with Crippen molar-refractivity contribution in [2.45, 2.75) is 4.90 Å². The number of imide groups is 1. The quantitative estimate of drug-likeness (QED) is 0.629. The van der Waals surface area contributed by atoms with Crippen LogP contribution in [-0.2, 0) is 14.9 Å². The number of benzene rings is 1. The van der Waals surface area contributed by atoms with E-state index in [0.717, 1.165) is 30.3 Å². The van der Waals surface area contributed by atoms with Crippen molar-refractivity contribution in [1.82, 2.24) is 0 Å². The summed E-state index contributed by atoms with van der Waals surface area (Å²) in [5.41, 5.74) is -0.0557. The third kappa shape index (κ3) is 2.93. The Morgan fingerprint density at radius 3 is 2.06 bits per heavy atom. The molecule has 18 heavy (non-hydrogen) atoms. The normalized spacial score (nSPS) is 10.7. The molecule has 0 spiro atoms. The van der Waals surface area contributed by atoms with Crippen LogP contribution in [0.4, 0.5) is 10.5 Å². The number of nitrogens with zero attached hydrogens (tertiary/aromatic N) is 1. The molecule has 0 aliphatic rings. The summed E-state index contributed by atoms with van der Waals surface area (Å²) in [6.45, 7) is 3.16. The molecule has 0 bridgehead atoms. The minimum atomic E-state index is -4.36. The van der Waals surface area contributed by atoms with Crippen LogP contribution in [0.15, 0.2) is 41.8 Å². The fraction of sp³-hybridized carbons (Fsp3) is 0. The average molecular weight is 271 g/mol. The highest BCUT2D eigenvalue weighted by molar-refractivity contribution is 7.85. The summed E-state index contributed by atoms with van der Waals surface area (Å²) in [4.78, 5) is 22.2. The standard InChI is InChI=1S/C10H9NO6S/c1-2-9(12)11(10(13)14)7-3-5-8(6-4-7)18(15,16)17/h2-6H,1H2,(H,13,14)(H,15,16,17). The minimum Gasteiger partial charge on any atom is -0.464 e. The van der Waals surface area contributed by atoms with Gasteiger partial charge in [0.1, 0.15) is 0 Å². The van der Waals surface area contributed by atoms with Crippen molar-refractivity contribution in [3.8, 4) is 0 Å². The van der Waals surface area contributed by atoms with Crippen molar-refractivity contribution < 1.29 is 27.7 Å². The summed E-state index contributed by atoms with van der Waals surface area (Å²) in [5.74, 6) is -0.873. The third-order valence-corrected chi connectivity index (χ3v) is 2.85. The van der Waals surface area contributed by atoms with E-state index in [0.29, 0.717) is 4.90 Å². The summed E-state index contributed by atoms with van der Waals surface area (Å²) in [7, 11) is -4.36. The summed E-state index contributed by atoms with van der Waals surface area (Å²) < 4.78 is 30.3. The molecule has 96 valence electrons. The van der Waals surface area contributed by atoms with E-state index >= 15 is 0 Å². The van der Waals surface area contributed by atoms with Gasteiger partial charge in [-0.05, 0) is 30.3 Å². The molecule has 1 rings (SSSR count). The van der Waals surface area contributed by atoms with E-state index < -0.39 is 27.0 Å². The lowest BCUT2D eigenvalue weighted by molar-refractivity contribution is -0.113. The zero-order chi connectivity index (χ0) is 13.9. The topological polar surface area (TPSA) is 112 Å². The van der Waals surface area contributed by atoms with Crippen LogP contribution in [0.25, 0.3) is 0 Å². The van der Waals surface area contributed by atoms with Gasteiger partial charge < -0.3 is 5.11 Å². The summed E-state index contributed by atoms with van der Waals surface area (Å²) in [6, 6.07) is 4.13. The molecule has 0 aromatic heterocycles. The smallest absolute Gasteiger partial charge is 0.419 e. The number of amides is 2. The second-order valence-corrected chi connectivity index (χ2v) is 4.55. The Kier molecular flexibility index (Phi) is 3.84. The first-order valence-electron chi connectivity index (χ1n) is 4.54. The number of hydrogen-bond donors (Lipinski definition) is 2. The number of carbonyl (C=O) groups is 2. The minimum absolute atomic E-state index is 0.0557. The molecule has 0 fully saturated rings. The van der Waals surface area contributed by atoms with Crippen molar-refractivity contribution >= 4 is 27.8 Å². The van der Waals surface area contributed by atoms with Gasteiger partial charge in [0.15, 0.2) is 0 Å². The first-order valence-corrected chi connectivity index (χ1v) is 5.98. The first-order chi connectivity index (χ1) is 8.27. The molecule has 1 aromatic rings. The molecule has 0 saturated carbocycles. The Balaban J connectivity index is 3.21. The summed E-state index contributed by atoms with van der Waals surface area (Å²) in [5, 5.41) is 8.85. The zero-order valence-electron chi connectivity index (χ0n) is 8.98. The van der Waals surface area contributed by atoms with Crippen LogP contribution in [-0.4, -0.2) is 30.1 Å². The molecule has 8 heteroatoms. The van der Waals surface area contributed by atoms with E-state index in [9.17, 15) is 18.0 Å². The van der Waals surface area contributed by atoms with E-state index in [1.807, 2.05) is 0 Å². The predicted molar refractivity (Wildman–Crippen MR) is 62.0 cm³/mol. The van der Waals surface area contributed by atoms with Gasteiger partial charge in [-0.25, -0.2) is 9.69 Å². The van der Waals surface area contributed by atoms with E-state index in [1.165, 1.54) is 0 Å². The number of hydrogen-bond acceptors (Lipinski definition) is 4. The Bertz CT molecular complexity index is 589. The molecule has 0 unspecified atom stereocenters. The van der Waals surface area contributed by atoms with Gasteiger partial charge in [0.05, 0.1) is 10.6 Å². The number of anilines is 1. The van der Waals surface area contributed by atoms with Crippen LogP contribution >= 0.6 is 0 Å². The molecule has 0 aliphatic carbocycles. The lowest BCUT2D eigenvalue weighted by atomic mass is 10.3. The van der Waals surface area contributed by atoms with Gasteiger partial charge in [-0.1, -0.05) is 6.58 Å². The van der Waals surface area contributed by atoms with Crippen molar-refractivity contribution in [1.29, 1.82) is 0 Å². The molecule has 7 nitrogen and oxygen atoms in total. The van der Waals surface area contributed by atoms with Crippen molar-refractivity contribution in [2.75, 3.05) is 4.90 Å². The van der Waals surface area contributed by atoms with Gasteiger partial charge in [0, 0.05) is 0 Å². The monoisotopic (exact) mass is 271 g/mol. The Labute approximate surface area is 103 Å². The van der Waals surface area contributed by atoms with E-state index in [4.69, 9.17) is 9.66 Å². The van der Waals surface area contributed by atoms with Crippen molar-refractivity contribution in [3.05, 3.63) is 36.9 Å². The highest BCUT2D eigenvalue weighted by Gasteiger charge is 2.21. The van der Waals surface area contributed by atoms with Crippen LogP contribution in [0, 0.1) is 0 Å². The molecular formula is C10H9NO6S. The maximum absolute atomic E-state index is 11.3. The Morgan fingerprint density at radius 1 is 1.22 bits per heavy atom. The predicted octanol–water partition coefficient (Wildman–Crippen LogP) is 1.13. The van der Waals surface area contributed by atoms with E-state index in [1.54, 1.807) is 0 Å². The van der Waals surface area contributed by atoms with E-state index in [2.05, 4.69) is 6.58 Å². The molecule has 0 atom stereocenters. The molecule has 0 aliphatic heterocycles. The maximum atomic E-state index is 11.3. The fourth-order valence-corrected chi connectivity index (χ4v) is 1.67. The van der Waals surface area contributed by atoms with Crippen LogP contribution in [0.1, 0.15) is 0 Å². The van der Waals surface area contributed by atoms with Crippen LogP contribution in [0.3, 0.4) is 0 Å². The average Bonchev–Trinajstić information content (AvgIpc) is 2.28. The maximum Gasteiger partial charge on any atom is 0.419 e. The number of carboxylic acid groups (broad SMARTS) is 1. The number of rotatable bonds is 3. The summed E-state index contributed by atoms with van der Waals surface area (Å²) in [6.07, 6.45) is -0.718. The van der Waals surface area contributed by atoms with Gasteiger partial charge >= 0.3 is 6.09 Å². The van der Waals surface area contributed by atoms with Crippen molar-refractivity contribution in [2.24, 2.45) is 0 Å². The highest BCUT2D eigenvalue weighted by atomic mass is 32.2. The lowest BCUT2D eigenvalue weighted by Crippen LogP contribution is -2.34. The van der Waals surface area contributed by atoms with Gasteiger partial charge in [0.2, 0.25) is 0 Å². The fourth-order valence-electron chi connectivity index (χ4n) is 1.19. The molecule has 1 aromatic carbocycles. The first kappa shape index (κ1) is 13.9. The van der Waals surface area contributed by atoms with Gasteiger partial charge in [-0.2, -0.15) is 8.42 Å². The molecule has 2 N–H and O–H groups in total. The van der Waals surface area contributed by atoms with Gasteiger partial charge in [-0.3, -0.25) is 9.35 Å². The number of carbonyl (C=O) groups excluding carboxylic acids is 1. The third-order valence-electron chi connectivity index (χ3n) is 1.98.